The number of rotatable bonds is 4. The van der Waals surface area contributed by atoms with Crippen LogP contribution < -0.4 is 14.9 Å². The molecule has 7 heteroatoms. The van der Waals surface area contributed by atoms with Gasteiger partial charge in [-0.2, -0.15) is 0 Å². The molecule has 23 heavy (non-hydrogen) atoms. The van der Waals surface area contributed by atoms with E-state index in [1.54, 1.807) is 48.0 Å². The van der Waals surface area contributed by atoms with E-state index in [0.29, 0.717) is 16.5 Å². The molecule has 0 saturated heterocycles. The maximum Gasteiger partial charge on any atom is 0.307 e. The fourth-order valence-electron chi connectivity index (χ4n) is 2.09. The van der Waals surface area contributed by atoms with Gasteiger partial charge in [0.2, 0.25) is 0 Å². The van der Waals surface area contributed by atoms with Gasteiger partial charge in [0.05, 0.1) is 10.2 Å². The summed E-state index contributed by atoms with van der Waals surface area (Å²) >= 11 is 6.93. The number of fused-ring (bicyclic) bond motifs is 1. The Kier molecular flexibility index (Phi) is 4.36. The fourth-order valence-corrected chi connectivity index (χ4v) is 3.13. The van der Waals surface area contributed by atoms with Crippen LogP contribution in [0.25, 0.3) is 10.2 Å². The SMILES string of the molecule is Cn1c(=O)sc2cc(NC(=O)COc3ccc(Cl)cc3)ccc21. The molecule has 1 heterocycles. The maximum absolute atomic E-state index is 11.9. The summed E-state index contributed by atoms with van der Waals surface area (Å²) in [5, 5.41) is 3.36. The number of halogens is 1. The number of aryl methyl sites for hydroxylation is 1. The standard InChI is InChI=1S/C16H13ClN2O3S/c1-19-13-7-4-11(8-14(13)23-16(19)21)18-15(20)9-22-12-5-2-10(17)3-6-12/h2-8H,9H2,1H3,(H,18,20). The molecule has 0 atom stereocenters. The highest BCUT2D eigenvalue weighted by Crippen LogP contribution is 2.21. The van der Waals surface area contributed by atoms with Crippen molar-refractivity contribution in [1.82, 2.24) is 4.57 Å². The zero-order valence-electron chi connectivity index (χ0n) is 12.2. The molecule has 0 aliphatic heterocycles. The summed E-state index contributed by atoms with van der Waals surface area (Å²) in [4.78, 5) is 23.5. The van der Waals surface area contributed by atoms with Gasteiger partial charge in [0.15, 0.2) is 6.61 Å². The summed E-state index contributed by atoms with van der Waals surface area (Å²) in [6.07, 6.45) is 0. The van der Waals surface area contributed by atoms with Gasteiger partial charge in [-0.05, 0) is 42.5 Å². The van der Waals surface area contributed by atoms with Crippen LogP contribution in [-0.2, 0) is 11.8 Å². The molecule has 5 nitrogen and oxygen atoms in total. The van der Waals surface area contributed by atoms with Gasteiger partial charge in [0.1, 0.15) is 5.75 Å². The minimum Gasteiger partial charge on any atom is -0.484 e. The Morgan fingerprint density at radius 2 is 2.00 bits per heavy atom. The third kappa shape index (κ3) is 3.55. The van der Waals surface area contributed by atoms with Crippen LogP contribution in [0.15, 0.2) is 47.3 Å². The van der Waals surface area contributed by atoms with E-state index >= 15 is 0 Å². The van der Waals surface area contributed by atoms with E-state index in [4.69, 9.17) is 16.3 Å². The van der Waals surface area contributed by atoms with Gasteiger partial charge in [-0.3, -0.25) is 9.59 Å². The van der Waals surface area contributed by atoms with Crippen LogP contribution in [0.2, 0.25) is 5.02 Å². The normalized spacial score (nSPS) is 10.7. The molecule has 1 amide bonds. The zero-order chi connectivity index (χ0) is 16.4. The number of carbonyl (C=O) groups excluding carboxylic acids is 1. The summed E-state index contributed by atoms with van der Waals surface area (Å²) in [6.45, 7) is -0.106. The molecule has 0 fully saturated rings. The first-order valence-electron chi connectivity index (χ1n) is 6.81. The number of aromatic nitrogens is 1. The fraction of sp³-hybridized carbons (Fsp3) is 0.125. The molecule has 2 aromatic carbocycles. The van der Waals surface area contributed by atoms with Gasteiger partial charge in [-0.1, -0.05) is 22.9 Å². The third-order valence-electron chi connectivity index (χ3n) is 3.26. The van der Waals surface area contributed by atoms with Gasteiger partial charge in [0.25, 0.3) is 5.91 Å². The van der Waals surface area contributed by atoms with Crippen LogP contribution >= 0.6 is 22.9 Å². The molecule has 0 bridgehead atoms. The second-order valence-electron chi connectivity index (χ2n) is 4.90. The number of hydrogen-bond donors (Lipinski definition) is 1. The van der Waals surface area contributed by atoms with Crippen molar-refractivity contribution in [3.05, 3.63) is 57.2 Å². The van der Waals surface area contributed by atoms with Gasteiger partial charge >= 0.3 is 4.87 Å². The largest absolute Gasteiger partial charge is 0.484 e. The Morgan fingerprint density at radius 3 is 2.74 bits per heavy atom. The van der Waals surface area contributed by atoms with Crippen molar-refractivity contribution in [2.75, 3.05) is 11.9 Å². The van der Waals surface area contributed by atoms with E-state index in [0.717, 1.165) is 21.6 Å². The van der Waals surface area contributed by atoms with E-state index < -0.39 is 0 Å². The topological polar surface area (TPSA) is 60.3 Å². The predicted molar refractivity (Wildman–Crippen MR) is 92.6 cm³/mol. The summed E-state index contributed by atoms with van der Waals surface area (Å²) in [5.41, 5.74) is 1.47. The van der Waals surface area contributed by atoms with Gasteiger partial charge in [0, 0.05) is 17.8 Å². The molecule has 0 spiro atoms. The van der Waals surface area contributed by atoms with Crippen molar-refractivity contribution in [3.8, 4) is 5.75 Å². The number of nitrogens with one attached hydrogen (secondary N) is 1. The molecule has 0 aliphatic carbocycles. The highest BCUT2D eigenvalue weighted by molar-refractivity contribution is 7.16. The lowest BCUT2D eigenvalue weighted by molar-refractivity contribution is -0.118. The Morgan fingerprint density at radius 1 is 1.26 bits per heavy atom. The molecule has 118 valence electrons. The van der Waals surface area contributed by atoms with Crippen molar-refractivity contribution in [2.24, 2.45) is 7.05 Å². The predicted octanol–water partition coefficient (Wildman–Crippen LogP) is 3.27. The Labute approximate surface area is 141 Å². The molecule has 1 aromatic heterocycles. The first kappa shape index (κ1) is 15.6. The molecule has 0 radical (unpaired) electrons. The molecular weight excluding hydrogens is 336 g/mol. The van der Waals surface area contributed by atoms with Crippen molar-refractivity contribution >= 4 is 44.7 Å². The molecular formula is C16H13ClN2O3S. The Balaban J connectivity index is 1.65. The zero-order valence-corrected chi connectivity index (χ0v) is 13.8. The van der Waals surface area contributed by atoms with Gasteiger partial charge in [-0.25, -0.2) is 0 Å². The lowest BCUT2D eigenvalue weighted by Gasteiger charge is -2.08. The number of anilines is 1. The first-order chi connectivity index (χ1) is 11.0. The Hall–Kier alpha value is -2.31. The quantitative estimate of drug-likeness (QED) is 0.787. The monoisotopic (exact) mass is 348 g/mol. The summed E-state index contributed by atoms with van der Waals surface area (Å²) in [7, 11) is 1.72. The summed E-state index contributed by atoms with van der Waals surface area (Å²) in [6, 6.07) is 12.1. The van der Waals surface area contributed by atoms with Crippen LogP contribution in [0.5, 0.6) is 5.75 Å². The van der Waals surface area contributed by atoms with Crippen molar-refractivity contribution in [3.63, 3.8) is 0 Å². The van der Waals surface area contributed by atoms with E-state index in [2.05, 4.69) is 5.32 Å². The number of carbonyl (C=O) groups is 1. The number of amides is 1. The molecule has 0 saturated carbocycles. The van der Waals surface area contributed by atoms with Crippen LogP contribution in [-0.4, -0.2) is 17.1 Å². The first-order valence-corrected chi connectivity index (χ1v) is 8.00. The molecule has 1 N–H and O–H groups in total. The lowest BCUT2D eigenvalue weighted by Crippen LogP contribution is -2.20. The smallest absolute Gasteiger partial charge is 0.307 e. The van der Waals surface area contributed by atoms with Gasteiger partial charge < -0.3 is 14.6 Å². The van der Waals surface area contributed by atoms with Crippen LogP contribution in [0.4, 0.5) is 5.69 Å². The molecule has 3 aromatic rings. The van der Waals surface area contributed by atoms with Crippen molar-refractivity contribution in [2.45, 2.75) is 0 Å². The second kappa shape index (κ2) is 6.44. The number of ether oxygens (including phenoxy) is 1. The summed E-state index contributed by atoms with van der Waals surface area (Å²) in [5.74, 6) is 0.295. The second-order valence-corrected chi connectivity index (χ2v) is 6.33. The van der Waals surface area contributed by atoms with Crippen LogP contribution in [0, 0.1) is 0 Å². The number of benzene rings is 2. The number of nitrogens with zero attached hydrogens (tertiary/aromatic N) is 1. The van der Waals surface area contributed by atoms with E-state index in [1.807, 2.05) is 6.07 Å². The minimum atomic E-state index is -0.275. The molecule has 0 unspecified atom stereocenters. The van der Waals surface area contributed by atoms with Crippen molar-refractivity contribution < 1.29 is 9.53 Å². The van der Waals surface area contributed by atoms with Crippen molar-refractivity contribution in [1.29, 1.82) is 0 Å². The average molecular weight is 349 g/mol. The summed E-state index contributed by atoms with van der Waals surface area (Å²) < 4.78 is 7.79. The van der Waals surface area contributed by atoms with Crippen LogP contribution in [0.3, 0.4) is 0 Å². The minimum absolute atomic E-state index is 0.0328. The lowest BCUT2D eigenvalue weighted by atomic mass is 10.3. The Bertz CT molecular complexity index is 915. The highest BCUT2D eigenvalue weighted by atomic mass is 35.5. The van der Waals surface area contributed by atoms with E-state index in [1.165, 1.54) is 0 Å². The average Bonchev–Trinajstić information content (AvgIpc) is 2.81. The maximum atomic E-state index is 11.9. The van der Waals surface area contributed by atoms with Gasteiger partial charge in [-0.15, -0.1) is 0 Å². The number of hydrogen-bond acceptors (Lipinski definition) is 4. The van der Waals surface area contributed by atoms with Crippen LogP contribution in [0.1, 0.15) is 0 Å². The van der Waals surface area contributed by atoms with E-state index in [9.17, 15) is 9.59 Å². The van der Waals surface area contributed by atoms with E-state index in [-0.39, 0.29) is 17.4 Å². The highest BCUT2D eigenvalue weighted by Gasteiger charge is 2.08. The third-order valence-corrected chi connectivity index (χ3v) is 4.51. The number of thiazole rings is 1. The molecule has 0 aliphatic rings. The molecule has 3 rings (SSSR count).